The summed E-state index contributed by atoms with van der Waals surface area (Å²) in [4.78, 5) is 25.6. The van der Waals surface area contributed by atoms with E-state index in [0.717, 1.165) is 36.3 Å². The molecule has 6 heteroatoms. The Bertz CT molecular complexity index is 1020. The number of aromatic nitrogens is 1. The van der Waals surface area contributed by atoms with E-state index in [9.17, 15) is 14.9 Å². The van der Waals surface area contributed by atoms with E-state index in [1.54, 1.807) is 30.3 Å². The number of nitrogens with one attached hydrogen (secondary N) is 1. The molecule has 1 aliphatic carbocycles. The van der Waals surface area contributed by atoms with Crippen LogP contribution in [0.4, 0.5) is 0 Å². The third-order valence-corrected chi connectivity index (χ3v) is 5.29. The number of rotatable bonds is 8. The van der Waals surface area contributed by atoms with E-state index < -0.39 is 12.1 Å². The van der Waals surface area contributed by atoms with Crippen LogP contribution in [0.5, 0.6) is 0 Å². The van der Waals surface area contributed by atoms with Crippen LogP contribution < -0.4 is 5.32 Å². The van der Waals surface area contributed by atoms with Crippen molar-refractivity contribution in [3.05, 3.63) is 64.5 Å². The molecule has 0 radical (unpaired) electrons. The highest BCUT2D eigenvalue weighted by molar-refractivity contribution is 5.99. The summed E-state index contributed by atoms with van der Waals surface area (Å²) in [5, 5.41) is 12.5. The first-order chi connectivity index (χ1) is 14.8. The lowest BCUT2D eigenvalue weighted by Gasteiger charge is -2.17. The molecule has 1 N–H and O–H groups in total. The van der Waals surface area contributed by atoms with Crippen molar-refractivity contribution in [1.29, 1.82) is 5.26 Å². The molecule has 3 rings (SSSR count). The van der Waals surface area contributed by atoms with Gasteiger partial charge < -0.3 is 14.6 Å². The highest BCUT2D eigenvalue weighted by Gasteiger charge is 2.31. The summed E-state index contributed by atoms with van der Waals surface area (Å²) in [7, 11) is 0. The second kappa shape index (κ2) is 9.65. The number of benzene rings is 1. The Hall–Kier alpha value is -3.33. The Balaban J connectivity index is 1.85. The van der Waals surface area contributed by atoms with Gasteiger partial charge in [-0.1, -0.05) is 44.2 Å². The van der Waals surface area contributed by atoms with Gasteiger partial charge in [-0.3, -0.25) is 4.79 Å². The Morgan fingerprint density at radius 2 is 1.94 bits per heavy atom. The third kappa shape index (κ3) is 5.64. The minimum absolute atomic E-state index is 0.134. The van der Waals surface area contributed by atoms with Crippen molar-refractivity contribution in [2.45, 2.75) is 59.2 Å². The number of hydrogen-bond acceptors (Lipinski definition) is 4. The van der Waals surface area contributed by atoms with Gasteiger partial charge in [-0.15, -0.1) is 0 Å². The average Bonchev–Trinajstić information content (AvgIpc) is 3.52. The summed E-state index contributed by atoms with van der Waals surface area (Å²) in [5.74, 6) is -0.705. The lowest BCUT2D eigenvalue weighted by Crippen LogP contribution is -2.33. The fourth-order valence-electron chi connectivity index (χ4n) is 3.49. The van der Waals surface area contributed by atoms with Gasteiger partial charge in [0.2, 0.25) is 6.10 Å². The number of esters is 1. The standard InChI is InChI=1S/C25H29N3O3/c1-16(2)15-28-17(3)12-20(18(28)4)13-21(14-26)25(30)31-23(19-8-6-5-7-9-19)24(29)27-22-10-11-22/h5-9,12-13,16,22-23H,10-11,15H2,1-4H3,(H,27,29)/b21-13+/t23-/m0/s1. The van der Waals surface area contributed by atoms with Gasteiger partial charge in [0.1, 0.15) is 11.6 Å². The van der Waals surface area contributed by atoms with Crippen molar-refractivity contribution in [2.75, 3.05) is 0 Å². The number of amides is 1. The zero-order valence-electron chi connectivity index (χ0n) is 18.5. The van der Waals surface area contributed by atoms with Gasteiger partial charge in [0.05, 0.1) is 0 Å². The van der Waals surface area contributed by atoms with Crippen LogP contribution in [0, 0.1) is 31.1 Å². The molecule has 1 aromatic carbocycles. The minimum Gasteiger partial charge on any atom is -0.443 e. The van der Waals surface area contributed by atoms with Gasteiger partial charge in [0.25, 0.3) is 5.91 Å². The number of carbonyl (C=O) groups excluding carboxylic acids is 2. The zero-order valence-corrected chi connectivity index (χ0v) is 18.5. The molecule has 162 valence electrons. The third-order valence-electron chi connectivity index (χ3n) is 5.29. The Morgan fingerprint density at radius 1 is 1.26 bits per heavy atom. The SMILES string of the molecule is Cc1cc(/C=C(\C#N)C(=O)O[C@H](C(=O)NC2CC2)c2ccccc2)c(C)n1CC(C)C. The molecule has 1 heterocycles. The van der Waals surface area contributed by atoms with Crippen molar-refractivity contribution in [3.63, 3.8) is 0 Å². The molecule has 1 amide bonds. The fourth-order valence-corrected chi connectivity index (χ4v) is 3.49. The molecule has 0 unspecified atom stereocenters. The van der Waals surface area contributed by atoms with Crippen molar-refractivity contribution in [1.82, 2.24) is 9.88 Å². The smallest absolute Gasteiger partial charge is 0.350 e. The Labute approximate surface area is 183 Å². The van der Waals surface area contributed by atoms with Crippen molar-refractivity contribution in [3.8, 4) is 6.07 Å². The predicted molar refractivity (Wildman–Crippen MR) is 119 cm³/mol. The molecule has 1 atom stereocenters. The van der Waals surface area contributed by atoms with Crippen LogP contribution >= 0.6 is 0 Å². The molecule has 1 aliphatic rings. The Morgan fingerprint density at radius 3 is 2.52 bits per heavy atom. The summed E-state index contributed by atoms with van der Waals surface area (Å²) in [6.07, 6.45) is 2.30. The fraction of sp³-hybridized carbons (Fsp3) is 0.400. The van der Waals surface area contributed by atoms with Gasteiger partial charge in [-0.2, -0.15) is 5.26 Å². The summed E-state index contributed by atoms with van der Waals surface area (Å²) >= 11 is 0. The molecule has 0 saturated heterocycles. The van der Waals surface area contributed by atoms with Gasteiger partial charge >= 0.3 is 5.97 Å². The minimum atomic E-state index is -1.10. The molecular weight excluding hydrogens is 390 g/mol. The molecule has 31 heavy (non-hydrogen) atoms. The molecule has 0 bridgehead atoms. The molecule has 2 aromatic rings. The molecule has 0 aliphatic heterocycles. The van der Waals surface area contributed by atoms with Gasteiger partial charge in [-0.25, -0.2) is 4.79 Å². The van der Waals surface area contributed by atoms with E-state index in [1.807, 2.05) is 32.0 Å². The predicted octanol–water partition coefficient (Wildman–Crippen LogP) is 4.23. The van der Waals surface area contributed by atoms with Crippen LogP contribution in [0.2, 0.25) is 0 Å². The van der Waals surface area contributed by atoms with E-state index in [-0.39, 0.29) is 17.5 Å². The first-order valence-corrected chi connectivity index (χ1v) is 10.6. The number of nitrogens with zero attached hydrogens (tertiary/aromatic N) is 2. The van der Waals surface area contributed by atoms with Crippen LogP contribution in [-0.4, -0.2) is 22.5 Å². The Kier molecular flexibility index (Phi) is 6.96. The van der Waals surface area contributed by atoms with Crippen LogP contribution in [0.3, 0.4) is 0 Å². The summed E-state index contributed by atoms with van der Waals surface area (Å²) in [6, 6.07) is 12.9. The molecule has 6 nitrogen and oxygen atoms in total. The number of hydrogen-bond donors (Lipinski definition) is 1. The molecule has 1 saturated carbocycles. The quantitative estimate of drug-likeness (QED) is 0.394. The summed E-state index contributed by atoms with van der Waals surface area (Å²) in [6.45, 7) is 9.11. The summed E-state index contributed by atoms with van der Waals surface area (Å²) in [5.41, 5.74) is 3.28. The normalized spacial score (nSPS) is 14.8. The van der Waals surface area contributed by atoms with E-state index in [4.69, 9.17) is 4.74 Å². The average molecular weight is 420 g/mol. The molecule has 0 spiro atoms. The second-order valence-corrected chi connectivity index (χ2v) is 8.48. The number of ether oxygens (including phenoxy) is 1. The van der Waals surface area contributed by atoms with E-state index in [0.29, 0.717) is 11.5 Å². The lowest BCUT2D eigenvalue weighted by atomic mass is 10.1. The van der Waals surface area contributed by atoms with Crippen molar-refractivity contribution >= 4 is 18.0 Å². The lowest BCUT2D eigenvalue weighted by molar-refractivity contribution is -0.152. The van der Waals surface area contributed by atoms with Crippen LogP contribution in [0.25, 0.3) is 6.08 Å². The number of nitriles is 1. The van der Waals surface area contributed by atoms with Gasteiger partial charge in [0.15, 0.2) is 0 Å². The summed E-state index contributed by atoms with van der Waals surface area (Å²) < 4.78 is 7.72. The van der Waals surface area contributed by atoms with Crippen molar-refractivity contribution < 1.29 is 14.3 Å². The van der Waals surface area contributed by atoms with E-state index in [1.165, 1.54) is 0 Å². The number of carbonyl (C=O) groups is 2. The van der Waals surface area contributed by atoms with Crippen LogP contribution in [0.15, 0.2) is 42.0 Å². The highest BCUT2D eigenvalue weighted by atomic mass is 16.5. The highest BCUT2D eigenvalue weighted by Crippen LogP contribution is 2.25. The van der Waals surface area contributed by atoms with Crippen LogP contribution in [-0.2, 0) is 20.9 Å². The topological polar surface area (TPSA) is 84.1 Å². The van der Waals surface area contributed by atoms with Gasteiger partial charge in [0, 0.05) is 29.5 Å². The van der Waals surface area contributed by atoms with E-state index in [2.05, 4.69) is 23.7 Å². The van der Waals surface area contributed by atoms with Gasteiger partial charge in [-0.05, 0) is 50.3 Å². The monoisotopic (exact) mass is 419 g/mol. The second-order valence-electron chi connectivity index (χ2n) is 8.48. The first kappa shape index (κ1) is 22.4. The zero-order chi connectivity index (χ0) is 22.5. The van der Waals surface area contributed by atoms with Crippen molar-refractivity contribution in [2.24, 2.45) is 5.92 Å². The maximum absolute atomic E-state index is 12.8. The number of aryl methyl sites for hydroxylation is 1. The molecular formula is C25H29N3O3. The van der Waals surface area contributed by atoms with E-state index >= 15 is 0 Å². The molecule has 1 fully saturated rings. The molecule has 1 aromatic heterocycles. The van der Waals surface area contributed by atoms with Crippen LogP contribution in [0.1, 0.15) is 55.3 Å². The largest absolute Gasteiger partial charge is 0.443 e. The maximum Gasteiger partial charge on any atom is 0.350 e. The maximum atomic E-state index is 12.8. The first-order valence-electron chi connectivity index (χ1n) is 10.6.